The minimum absolute atomic E-state index is 0.0570. The molecule has 0 bridgehead atoms. The molecule has 1 aliphatic rings. The Hall–Kier alpha value is -2.48. The third-order valence-corrected chi connectivity index (χ3v) is 4.23. The number of nitrogens with zero attached hydrogens (tertiary/aromatic N) is 4. The predicted molar refractivity (Wildman–Crippen MR) is 87.7 cm³/mol. The lowest BCUT2D eigenvalue weighted by molar-refractivity contribution is 0.0534. The molecule has 0 radical (unpaired) electrons. The highest BCUT2D eigenvalue weighted by Crippen LogP contribution is 2.16. The second kappa shape index (κ2) is 7.60. The van der Waals surface area contributed by atoms with Crippen molar-refractivity contribution in [3.63, 3.8) is 0 Å². The molecule has 6 nitrogen and oxygen atoms in total. The summed E-state index contributed by atoms with van der Waals surface area (Å²) in [5.74, 6) is 0.515. The number of rotatable bonds is 5. The van der Waals surface area contributed by atoms with Crippen molar-refractivity contribution in [2.24, 2.45) is 0 Å². The van der Waals surface area contributed by atoms with Crippen LogP contribution in [0.15, 0.2) is 36.5 Å². The first-order chi connectivity index (χ1) is 12.1. The van der Waals surface area contributed by atoms with E-state index in [0.717, 1.165) is 37.1 Å². The fourth-order valence-corrected chi connectivity index (χ4v) is 2.86. The first-order valence-corrected chi connectivity index (χ1v) is 8.04. The van der Waals surface area contributed by atoms with E-state index in [0.29, 0.717) is 17.8 Å². The number of amides is 1. The van der Waals surface area contributed by atoms with Crippen LogP contribution in [0.25, 0.3) is 0 Å². The maximum absolute atomic E-state index is 12.6. The summed E-state index contributed by atoms with van der Waals surface area (Å²) in [5, 5.41) is 3.64. The SMILES string of the molecule is COc1cccc(CN2CCN(C(=O)c3ccn(C(F)F)n3)CC2)c1. The van der Waals surface area contributed by atoms with Gasteiger partial charge in [0.1, 0.15) is 5.75 Å². The number of carbonyl (C=O) groups excluding carboxylic acids is 1. The fraction of sp³-hybridized carbons (Fsp3) is 0.412. The van der Waals surface area contributed by atoms with E-state index in [-0.39, 0.29) is 11.6 Å². The highest BCUT2D eigenvalue weighted by atomic mass is 19.3. The Bertz CT molecular complexity index is 727. The lowest BCUT2D eigenvalue weighted by Gasteiger charge is -2.34. The van der Waals surface area contributed by atoms with E-state index in [1.165, 1.54) is 6.07 Å². The number of benzene rings is 1. The normalized spacial score (nSPS) is 15.6. The molecule has 1 fully saturated rings. The standard InChI is InChI=1S/C17H20F2N4O2/c1-25-14-4-2-3-13(11-14)12-21-7-9-22(10-8-21)16(24)15-5-6-23(20-15)17(18)19/h2-6,11,17H,7-10,12H2,1H3. The van der Waals surface area contributed by atoms with Gasteiger partial charge in [0.2, 0.25) is 0 Å². The maximum Gasteiger partial charge on any atom is 0.333 e. The molecule has 2 aromatic rings. The van der Waals surface area contributed by atoms with Crippen molar-refractivity contribution in [1.82, 2.24) is 19.6 Å². The molecule has 1 aromatic carbocycles. The van der Waals surface area contributed by atoms with E-state index in [4.69, 9.17) is 4.74 Å². The molecular weight excluding hydrogens is 330 g/mol. The third-order valence-electron chi connectivity index (χ3n) is 4.23. The van der Waals surface area contributed by atoms with E-state index >= 15 is 0 Å². The summed E-state index contributed by atoms with van der Waals surface area (Å²) in [5.41, 5.74) is 1.20. The number of ether oxygens (including phenoxy) is 1. The summed E-state index contributed by atoms with van der Waals surface area (Å²) >= 11 is 0. The lowest BCUT2D eigenvalue weighted by Crippen LogP contribution is -2.48. The number of halogens is 2. The monoisotopic (exact) mass is 350 g/mol. The fourth-order valence-electron chi connectivity index (χ4n) is 2.86. The van der Waals surface area contributed by atoms with E-state index in [2.05, 4.69) is 10.00 Å². The Labute approximate surface area is 144 Å². The molecule has 8 heteroatoms. The third kappa shape index (κ3) is 4.14. The van der Waals surface area contributed by atoms with E-state index in [1.807, 2.05) is 24.3 Å². The Morgan fingerprint density at radius 1 is 1.24 bits per heavy atom. The van der Waals surface area contributed by atoms with Crippen molar-refractivity contribution < 1.29 is 18.3 Å². The van der Waals surface area contributed by atoms with E-state index < -0.39 is 6.55 Å². The van der Waals surface area contributed by atoms with Crippen molar-refractivity contribution in [2.75, 3.05) is 33.3 Å². The van der Waals surface area contributed by atoms with E-state index in [1.54, 1.807) is 12.0 Å². The molecule has 1 amide bonds. The molecule has 3 rings (SSSR count). The van der Waals surface area contributed by atoms with Crippen LogP contribution in [-0.2, 0) is 6.54 Å². The van der Waals surface area contributed by atoms with Gasteiger partial charge >= 0.3 is 6.55 Å². The number of hydrogen-bond acceptors (Lipinski definition) is 4. The number of piperazine rings is 1. The molecule has 0 spiro atoms. The molecule has 2 heterocycles. The summed E-state index contributed by atoms with van der Waals surface area (Å²) in [4.78, 5) is 16.3. The molecule has 1 saturated heterocycles. The molecule has 25 heavy (non-hydrogen) atoms. The Morgan fingerprint density at radius 2 is 2.00 bits per heavy atom. The molecule has 0 aliphatic carbocycles. The van der Waals surface area contributed by atoms with Crippen LogP contribution in [-0.4, -0.2) is 58.8 Å². The lowest BCUT2D eigenvalue weighted by atomic mass is 10.2. The Morgan fingerprint density at radius 3 is 2.64 bits per heavy atom. The van der Waals surface area contributed by atoms with E-state index in [9.17, 15) is 13.6 Å². The first kappa shape index (κ1) is 17.3. The second-order valence-electron chi connectivity index (χ2n) is 5.88. The highest BCUT2D eigenvalue weighted by molar-refractivity contribution is 5.92. The van der Waals surface area contributed by atoms with Crippen LogP contribution >= 0.6 is 0 Å². The molecule has 134 valence electrons. The molecule has 1 aromatic heterocycles. The first-order valence-electron chi connectivity index (χ1n) is 8.04. The van der Waals surface area contributed by atoms with Crippen LogP contribution in [0.5, 0.6) is 5.75 Å². The smallest absolute Gasteiger partial charge is 0.333 e. The highest BCUT2D eigenvalue weighted by Gasteiger charge is 2.24. The van der Waals surface area contributed by atoms with Gasteiger partial charge < -0.3 is 9.64 Å². The van der Waals surface area contributed by atoms with Crippen molar-refractivity contribution >= 4 is 5.91 Å². The van der Waals surface area contributed by atoms with Gasteiger partial charge in [-0.05, 0) is 23.8 Å². The molecular formula is C17H20F2N4O2. The zero-order chi connectivity index (χ0) is 17.8. The van der Waals surface area contributed by atoms with Crippen LogP contribution in [0, 0.1) is 0 Å². The summed E-state index contributed by atoms with van der Waals surface area (Å²) in [6, 6.07) is 9.22. The number of methoxy groups -OCH3 is 1. The molecule has 0 saturated carbocycles. The number of carbonyl (C=O) groups is 1. The number of hydrogen-bond donors (Lipinski definition) is 0. The van der Waals surface area contributed by atoms with Crippen LogP contribution in [0.4, 0.5) is 8.78 Å². The average Bonchev–Trinajstić information content (AvgIpc) is 3.12. The quantitative estimate of drug-likeness (QED) is 0.830. The van der Waals surface area contributed by atoms with Gasteiger partial charge in [-0.1, -0.05) is 12.1 Å². The molecule has 0 atom stereocenters. The van der Waals surface area contributed by atoms with Crippen molar-refractivity contribution in [3.8, 4) is 5.75 Å². The van der Waals surface area contributed by atoms with Crippen LogP contribution < -0.4 is 4.74 Å². The van der Waals surface area contributed by atoms with Gasteiger partial charge in [0.25, 0.3) is 5.91 Å². The zero-order valence-electron chi connectivity index (χ0n) is 13.9. The maximum atomic E-state index is 12.6. The topological polar surface area (TPSA) is 50.6 Å². The number of aromatic nitrogens is 2. The summed E-state index contributed by atoms with van der Waals surface area (Å²) < 4.78 is 30.8. The van der Waals surface area contributed by atoms with Crippen molar-refractivity contribution in [3.05, 3.63) is 47.8 Å². The van der Waals surface area contributed by atoms with Crippen LogP contribution in [0.1, 0.15) is 22.6 Å². The predicted octanol–water partition coefficient (Wildman–Crippen LogP) is 2.24. The molecule has 0 unspecified atom stereocenters. The largest absolute Gasteiger partial charge is 0.497 e. The number of alkyl halides is 2. The van der Waals surface area contributed by atoms with Gasteiger partial charge in [0.05, 0.1) is 7.11 Å². The van der Waals surface area contributed by atoms with Gasteiger partial charge in [-0.2, -0.15) is 13.9 Å². The van der Waals surface area contributed by atoms with Gasteiger partial charge in [0, 0.05) is 38.9 Å². The van der Waals surface area contributed by atoms with Crippen molar-refractivity contribution in [2.45, 2.75) is 13.1 Å². The summed E-state index contributed by atoms with van der Waals surface area (Å²) in [6.07, 6.45) is 1.12. The van der Waals surface area contributed by atoms with Gasteiger partial charge in [-0.15, -0.1) is 0 Å². The summed E-state index contributed by atoms with van der Waals surface area (Å²) in [6.45, 7) is 0.576. The minimum atomic E-state index is -2.73. The average molecular weight is 350 g/mol. The van der Waals surface area contributed by atoms with Gasteiger partial charge in [-0.3, -0.25) is 9.69 Å². The minimum Gasteiger partial charge on any atom is -0.497 e. The summed E-state index contributed by atoms with van der Waals surface area (Å²) in [7, 11) is 1.64. The van der Waals surface area contributed by atoms with Crippen LogP contribution in [0.3, 0.4) is 0 Å². The van der Waals surface area contributed by atoms with Gasteiger partial charge in [0.15, 0.2) is 5.69 Å². The molecule has 1 aliphatic heterocycles. The zero-order valence-corrected chi connectivity index (χ0v) is 13.9. The second-order valence-corrected chi connectivity index (χ2v) is 5.88. The van der Waals surface area contributed by atoms with Crippen molar-refractivity contribution in [1.29, 1.82) is 0 Å². The van der Waals surface area contributed by atoms with Crippen LogP contribution in [0.2, 0.25) is 0 Å². The Balaban J connectivity index is 1.54. The Kier molecular flexibility index (Phi) is 5.28. The molecule has 0 N–H and O–H groups in total. The van der Waals surface area contributed by atoms with Gasteiger partial charge in [-0.25, -0.2) is 4.68 Å².